The van der Waals surface area contributed by atoms with Crippen LogP contribution in [0.3, 0.4) is 0 Å². The lowest BCUT2D eigenvalue weighted by Gasteiger charge is -2.15. The van der Waals surface area contributed by atoms with E-state index in [0.29, 0.717) is 12.1 Å². The first-order valence-corrected chi connectivity index (χ1v) is 6.77. The minimum Gasteiger partial charge on any atom is -0.335 e. The van der Waals surface area contributed by atoms with Crippen LogP contribution in [0, 0.1) is 17.1 Å². The van der Waals surface area contributed by atoms with Crippen molar-refractivity contribution in [3.63, 3.8) is 0 Å². The van der Waals surface area contributed by atoms with Crippen molar-refractivity contribution in [1.29, 1.82) is 5.26 Å². The second kappa shape index (κ2) is 7.22. The van der Waals surface area contributed by atoms with Gasteiger partial charge < -0.3 is 15.2 Å². The van der Waals surface area contributed by atoms with Crippen molar-refractivity contribution in [2.75, 3.05) is 0 Å². The molecular weight excluding hydrogens is 285 g/mol. The average molecular weight is 301 g/mol. The fraction of sp³-hybridized carbons (Fsp3) is 0.267. The van der Waals surface area contributed by atoms with Gasteiger partial charge in [0.25, 0.3) is 0 Å². The Morgan fingerprint density at radius 3 is 3.05 bits per heavy atom. The van der Waals surface area contributed by atoms with Gasteiger partial charge in [-0.15, -0.1) is 0 Å². The van der Waals surface area contributed by atoms with E-state index in [1.54, 1.807) is 18.7 Å². The molecule has 0 saturated carbocycles. The lowest BCUT2D eigenvalue weighted by atomic mass is 10.1. The Morgan fingerprint density at radius 2 is 2.36 bits per heavy atom. The van der Waals surface area contributed by atoms with Gasteiger partial charge in [0.1, 0.15) is 5.82 Å². The van der Waals surface area contributed by atoms with E-state index in [-0.39, 0.29) is 18.2 Å². The fourth-order valence-electron chi connectivity index (χ4n) is 1.99. The summed E-state index contributed by atoms with van der Waals surface area (Å²) in [5.74, 6) is -0.453. The van der Waals surface area contributed by atoms with Gasteiger partial charge in [0.05, 0.1) is 18.0 Å². The molecular formula is C15H16FN5O. The molecule has 2 amide bonds. The van der Waals surface area contributed by atoms with E-state index in [1.807, 2.05) is 17.6 Å². The molecule has 0 bridgehead atoms. The van der Waals surface area contributed by atoms with Crippen LogP contribution in [0.15, 0.2) is 36.9 Å². The molecule has 1 atom stereocenters. The molecule has 114 valence electrons. The lowest BCUT2D eigenvalue weighted by molar-refractivity contribution is 0.236. The number of carbonyl (C=O) groups excluding carboxylic acids is 1. The van der Waals surface area contributed by atoms with Gasteiger partial charge in [0, 0.05) is 37.1 Å². The molecule has 6 nitrogen and oxygen atoms in total. The van der Waals surface area contributed by atoms with Gasteiger partial charge in [-0.05, 0) is 25.1 Å². The highest BCUT2D eigenvalue weighted by Gasteiger charge is 2.09. The molecule has 22 heavy (non-hydrogen) atoms. The standard InChI is InChI=1S/C15H16FN5O/c1-11(9-21-5-4-18-10-21)20-15(22)19-8-13-6-12(7-17)2-3-14(13)16/h2-6,10-11H,8-9H2,1H3,(H2,19,20,22)/t11-/m1/s1. The molecule has 0 unspecified atom stereocenters. The predicted octanol–water partition coefficient (Wildman–Crippen LogP) is 1.78. The minimum atomic E-state index is -0.453. The highest BCUT2D eigenvalue weighted by atomic mass is 19.1. The van der Waals surface area contributed by atoms with Crippen molar-refractivity contribution in [2.45, 2.75) is 26.1 Å². The smallest absolute Gasteiger partial charge is 0.315 e. The number of imidazole rings is 1. The van der Waals surface area contributed by atoms with E-state index in [2.05, 4.69) is 15.6 Å². The Morgan fingerprint density at radius 1 is 1.55 bits per heavy atom. The number of hydrogen-bond acceptors (Lipinski definition) is 3. The number of nitrogens with zero attached hydrogens (tertiary/aromatic N) is 3. The van der Waals surface area contributed by atoms with Crippen molar-refractivity contribution < 1.29 is 9.18 Å². The van der Waals surface area contributed by atoms with Crippen LogP contribution in [0.5, 0.6) is 0 Å². The van der Waals surface area contributed by atoms with Crippen LogP contribution >= 0.6 is 0 Å². The van der Waals surface area contributed by atoms with Crippen LogP contribution in [0.25, 0.3) is 0 Å². The first-order chi connectivity index (χ1) is 10.6. The van der Waals surface area contributed by atoms with Crippen molar-refractivity contribution in [3.05, 3.63) is 53.9 Å². The Kier molecular flexibility index (Phi) is 5.09. The Hall–Kier alpha value is -2.88. The van der Waals surface area contributed by atoms with Crippen LogP contribution < -0.4 is 10.6 Å². The summed E-state index contributed by atoms with van der Waals surface area (Å²) in [7, 11) is 0. The van der Waals surface area contributed by atoms with Crippen molar-refractivity contribution in [1.82, 2.24) is 20.2 Å². The highest BCUT2D eigenvalue weighted by molar-refractivity contribution is 5.74. The van der Waals surface area contributed by atoms with Gasteiger partial charge in [-0.2, -0.15) is 5.26 Å². The maximum Gasteiger partial charge on any atom is 0.315 e. The maximum absolute atomic E-state index is 13.6. The minimum absolute atomic E-state index is 0.0188. The van der Waals surface area contributed by atoms with E-state index < -0.39 is 11.8 Å². The molecule has 2 rings (SSSR count). The molecule has 0 aliphatic heterocycles. The highest BCUT2D eigenvalue weighted by Crippen LogP contribution is 2.09. The number of aromatic nitrogens is 2. The number of carbonyl (C=O) groups is 1. The van der Waals surface area contributed by atoms with Gasteiger partial charge >= 0.3 is 6.03 Å². The van der Waals surface area contributed by atoms with Crippen LogP contribution in [0.2, 0.25) is 0 Å². The normalized spacial score (nSPS) is 11.5. The number of nitriles is 1. The summed E-state index contributed by atoms with van der Waals surface area (Å²) < 4.78 is 15.4. The zero-order valence-electron chi connectivity index (χ0n) is 12.1. The van der Waals surface area contributed by atoms with Gasteiger partial charge in [-0.1, -0.05) is 0 Å². The number of halogens is 1. The number of amides is 2. The Balaban J connectivity index is 1.84. The van der Waals surface area contributed by atoms with Gasteiger partial charge in [-0.3, -0.25) is 0 Å². The summed E-state index contributed by atoms with van der Waals surface area (Å²) >= 11 is 0. The number of hydrogen-bond donors (Lipinski definition) is 2. The average Bonchev–Trinajstić information content (AvgIpc) is 2.99. The summed E-state index contributed by atoms with van der Waals surface area (Å²) in [5, 5.41) is 14.1. The summed E-state index contributed by atoms with van der Waals surface area (Å²) in [6.45, 7) is 2.47. The first-order valence-electron chi connectivity index (χ1n) is 6.77. The molecule has 0 saturated heterocycles. The molecule has 0 spiro atoms. The van der Waals surface area contributed by atoms with Crippen LogP contribution in [0.1, 0.15) is 18.1 Å². The maximum atomic E-state index is 13.6. The van der Waals surface area contributed by atoms with E-state index in [4.69, 9.17) is 5.26 Å². The van der Waals surface area contributed by atoms with Crippen LogP contribution in [0.4, 0.5) is 9.18 Å². The van der Waals surface area contributed by atoms with Gasteiger partial charge in [0.2, 0.25) is 0 Å². The monoisotopic (exact) mass is 301 g/mol. The zero-order chi connectivity index (χ0) is 15.9. The van der Waals surface area contributed by atoms with Crippen molar-refractivity contribution in [2.24, 2.45) is 0 Å². The number of nitrogens with one attached hydrogen (secondary N) is 2. The van der Waals surface area contributed by atoms with E-state index in [0.717, 1.165) is 0 Å². The summed E-state index contributed by atoms with van der Waals surface area (Å²) in [4.78, 5) is 15.7. The summed E-state index contributed by atoms with van der Waals surface area (Å²) in [6, 6.07) is 5.47. The second-order valence-corrected chi connectivity index (χ2v) is 4.91. The third kappa shape index (κ3) is 4.31. The van der Waals surface area contributed by atoms with E-state index >= 15 is 0 Å². The molecule has 2 aromatic rings. The third-order valence-corrected chi connectivity index (χ3v) is 3.04. The molecule has 0 aliphatic carbocycles. The largest absolute Gasteiger partial charge is 0.335 e. The van der Waals surface area contributed by atoms with Crippen LogP contribution in [-0.4, -0.2) is 21.6 Å². The summed E-state index contributed by atoms with van der Waals surface area (Å²) in [5.41, 5.74) is 0.628. The molecule has 1 aromatic carbocycles. The number of urea groups is 1. The Bertz CT molecular complexity index is 678. The molecule has 2 N–H and O–H groups in total. The third-order valence-electron chi connectivity index (χ3n) is 3.04. The molecule has 1 heterocycles. The Labute approximate surface area is 127 Å². The molecule has 1 aromatic heterocycles. The van der Waals surface area contributed by atoms with Crippen LogP contribution in [-0.2, 0) is 13.1 Å². The van der Waals surface area contributed by atoms with Gasteiger partial charge in [-0.25, -0.2) is 14.2 Å². The first kappa shape index (κ1) is 15.5. The summed E-state index contributed by atoms with van der Waals surface area (Å²) in [6.07, 6.45) is 5.13. The van der Waals surface area contributed by atoms with Crippen molar-refractivity contribution >= 4 is 6.03 Å². The van der Waals surface area contributed by atoms with Gasteiger partial charge in [0.15, 0.2) is 0 Å². The molecule has 0 fully saturated rings. The lowest BCUT2D eigenvalue weighted by Crippen LogP contribution is -2.42. The SMILES string of the molecule is C[C@H](Cn1ccnc1)NC(=O)NCc1cc(C#N)ccc1F. The van der Waals surface area contributed by atoms with Crippen molar-refractivity contribution in [3.8, 4) is 6.07 Å². The predicted molar refractivity (Wildman–Crippen MR) is 78.2 cm³/mol. The molecule has 0 radical (unpaired) electrons. The number of benzene rings is 1. The van der Waals surface area contributed by atoms with E-state index in [1.165, 1.54) is 18.2 Å². The fourth-order valence-corrected chi connectivity index (χ4v) is 1.99. The molecule has 0 aliphatic rings. The van der Waals surface area contributed by atoms with E-state index in [9.17, 15) is 9.18 Å². The number of rotatable bonds is 5. The second-order valence-electron chi connectivity index (χ2n) is 4.91. The topological polar surface area (TPSA) is 82.7 Å². The quantitative estimate of drug-likeness (QED) is 0.883. The zero-order valence-corrected chi connectivity index (χ0v) is 12.1. The molecule has 7 heteroatoms.